The van der Waals surface area contributed by atoms with Crippen molar-refractivity contribution in [1.82, 2.24) is 0 Å². The Hall–Kier alpha value is -0.260. The van der Waals surface area contributed by atoms with Crippen molar-refractivity contribution in [2.45, 2.75) is 53.4 Å². The molecular weight excluding hydrogens is 180 g/mol. The molecule has 2 fully saturated rings. The van der Waals surface area contributed by atoms with Crippen LogP contribution in [0.4, 0.5) is 0 Å². The van der Waals surface area contributed by atoms with Crippen LogP contribution in [0.3, 0.4) is 0 Å². The Morgan fingerprint density at radius 3 is 2.53 bits per heavy atom. The smallest absolute Gasteiger partial charge is 0.0149 e. The van der Waals surface area contributed by atoms with E-state index in [2.05, 4.69) is 33.8 Å². The van der Waals surface area contributed by atoms with Crippen molar-refractivity contribution in [3.05, 3.63) is 11.6 Å². The molecule has 0 aromatic carbocycles. The highest BCUT2D eigenvalue weighted by atomic mass is 14.6. The van der Waals surface area contributed by atoms with Crippen LogP contribution in [0.5, 0.6) is 0 Å². The summed E-state index contributed by atoms with van der Waals surface area (Å²) in [4.78, 5) is 0. The lowest BCUT2D eigenvalue weighted by Crippen LogP contribution is -2.48. The van der Waals surface area contributed by atoms with E-state index in [9.17, 15) is 0 Å². The lowest BCUT2D eigenvalue weighted by atomic mass is 9.48. The predicted molar refractivity (Wildman–Crippen MR) is 64.6 cm³/mol. The topological polar surface area (TPSA) is 0 Å². The first-order valence-electron chi connectivity index (χ1n) is 6.61. The minimum Gasteiger partial charge on any atom is -0.0819 e. The Labute approximate surface area is 94.1 Å². The number of allylic oxidation sites excluding steroid dienone is 2. The second kappa shape index (κ2) is 2.70. The Kier molecular flexibility index (Phi) is 1.79. The summed E-state index contributed by atoms with van der Waals surface area (Å²) in [5, 5.41) is 0. The van der Waals surface area contributed by atoms with E-state index in [1.54, 1.807) is 5.57 Å². The maximum atomic E-state index is 2.63. The summed E-state index contributed by atoms with van der Waals surface area (Å²) >= 11 is 0. The van der Waals surface area contributed by atoms with Crippen LogP contribution >= 0.6 is 0 Å². The fourth-order valence-electron chi connectivity index (χ4n) is 4.90. The number of hydrogen-bond acceptors (Lipinski definition) is 0. The molecule has 0 unspecified atom stereocenters. The molecule has 3 aliphatic rings. The fraction of sp³-hybridized carbons (Fsp3) is 0.867. The van der Waals surface area contributed by atoms with Crippen molar-refractivity contribution >= 4 is 0 Å². The van der Waals surface area contributed by atoms with E-state index in [0.717, 1.165) is 17.8 Å². The molecule has 0 heteroatoms. The van der Waals surface area contributed by atoms with E-state index >= 15 is 0 Å². The van der Waals surface area contributed by atoms with Gasteiger partial charge in [-0.1, -0.05) is 32.4 Å². The molecule has 3 rings (SSSR count). The molecule has 84 valence electrons. The average molecular weight is 204 g/mol. The van der Waals surface area contributed by atoms with E-state index in [1.165, 1.54) is 25.7 Å². The quantitative estimate of drug-likeness (QED) is 0.513. The lowest BCUT2D eigenvalue weighted by molar-refractivity contribution is -0.0163. The minimum absolute atomic E-state index is 0.597. The van der Waals surface area contributed by atoms with Gasteiger partial charge in [-0.15, -0.1) is 0 Å². The standard InChI is InChI=1S/C15H24/c1-10-7-11-8-14(2,3)9-13(11)15(4)6-5-12(10)15/h7,11-13H,5-6,8-9H2,1-4H3/t11-,12-,13+,15+/m1/s1. The molecule has 0 N–H and O–H groups in total. The van der Waals surface area contributed by atoms with Gasteiger partial charge in [0.15, 0.2) is 0 Å². The van der Waals surface area contributed by atoms with Crippen LogP contribution in [0, 0.1) is 28.6 Å². The zero-order valence-corrected chi connectivity index (χ0v) is 10.6. The van der Waals surface area contributed by atoms with Crippen LogP contribution in [-0.2, 0) is 0 Å². The summed E-state index contributed by atoms with van der Waals surface area (Å²) < 4.78 is 0. The highest BCUT2D eigenvalue weighted by Crippen LogP contribution is 2.66. The van der Waals surface area contributed by atoms with Crippen molar-refractivity contribution in [3.8, 4) is 0 Å². The van der Waals surface area contributed by atoms with Gasteiger partial charge >= 0.3 is 0 Å². The van der Waals surface area contributed by atoms with Gasteiger partial charge in [-0.05, 0) is 61.2 Å². The minimum atomic E-state index is 0.597. The molecule has 2 saturated carbocycles. The van der Waals surface area contributed by atoms with E-state index in [-0.39, 0.29) is 0 Å². The van der Waals surface area contributed by atoms with Crippen molar-refractivity contribution in [2.75, 3.05) is 0 Å². The summed E-state index contributed by atoms with van der Waals surface area (Å²) in [6.07, 6.45) is 8.47. The van der Waals surface area contributed by atoms with Crippen LogP contribution in [0.2, 0.25) is 0 Å². The molecule has 0 heterocycles. The first-order valence-corrected chi connectivity index (χ1v) is 6.61. The largest absolute Gasteiger partial charge is 0.0819 e. The summed E-state index contributed by atoms with van der Waals surface area (Å²) in [6.45, 7) is 9.87. The highest BCUT2D eigenvalue weighted by Gasteiger charge is 2.57. The van der Waals surface area contributed by atoms with Crippen molar-refractivity contribution in [1.29, 1.82) is 0 Å². The SMILES string of the molecule is CC1=C[C@@H]2CC(C)(C)C[C@@H]2[C@@]2(C)CC[C@H]12. The van der Waals surface area contributed by atoms with E-state index in [4.69, 9.17) is 0 Å². The van der Waals surface area contributed by atoms with Crippen LogP contribution in [0.25, 0.3) is 0 Å². The van der Waals surface area contributed by atoms with Crippen molar-refractivity contribution in [3.63, 3.8) is 0 Å². The first kappa shape index (κ1) is 9.93. The number of fused-ring (bicyclic) bond motifs is 3. The van der Waals surface area contributed by atoms with Crippen LogP contribution in [0.1, 0.15) is 53.4 Å². The summed E-state index contributed by atoms with van der Waals surface area (Å²) in [7, 11) is 0. The fourth-order valence-corrected chi connectivity index (χ4v) is 4.90. The molecule has 3 aliphatic carbocycles. The Morgan fingerprint density at radius 2 is 1.93 bits per heavy atom. The summed E-state index contributed by atoms with van der Waals surface area (Å²) in [6, 6.07) is 0. The van der Waals surface area contributed by atoms with Gasteiger partial charge < -0.3 is 0 Å². The second-order valence-electron chi connectivity index (χ2n) is 7.35. The van der Waals surface area contributed by atoms with Crippen LogP contribution in [0.15, 0.2) is 11.6 Å². The average Bonchev–Trinajstić information content (AvgIpc) is 2.36. The maximum absolute atomic E-state index is 2.63. The molecule has 0 radical (unpaired) electrons. The summed E-state index contributed by atoms with van der Waals surface area (Å²) in [5.41, 5.74) is 2.99. The third kappa shape index (κ3) is 1.20. The molecule has 4 atom stereocenters. The highest BCUT2D eigenvalue weighted by molar-refractivity contribution is 5.24. The van der Waals surface area contributed by atoms with Gasteiger partial charge in [0, 0.05) is 0 Å². The zero-order valence-electron chi connectivity index (χ0n) is 10.6. The Bertz CT molecular complexity index is 323. The molecule has 0 amide bonds. The molecule has 0 bridgehead atoms. The zero-order chi connectivity index (χ0) is 10.8. The van der Waals surface area contributed by atoms with Crippen molar-refractivity contribution < 1.29 is 0 Å². The van der Waals surface area contributed by atoms with Gasteiger partial charge in [0.1, 0.15) is 0 Å². The second-order valence-corrected chi connectivity index (χ2v) is 7.35. The first-order chi connectivity index (χ1) is 6.92. The van der Waals surface area contributed by atoms with Gasteiger partial charge in [-0.3, -0.25) is 0 Å². The van der Waals surface area contributed by atoms with E-state index < -0.39 is 0 Å². The third-order valence-electron chi connectivity index (χ3n) is 5.72. The van der Waals surface area contributed by atoms with E-state index in [1.807, 2.05) is 0 Å². The monoisotopic (exact) mass is 204 g/mol. The molecule has 0 aromatic heterocycles. The van der Waals surface area contributed by atoms with Crippen LogP contribution in [-0.4, -0.2) is 0 Å². The van der Waals surface area contributed by atoms with Crippen LogP contribution < -0.4 is 0 Å². The molecule has 0 nitrogen and oxygen atoms in total. The third-order valence-corrected chi connectivity index (χ3v) is 5.72. The Balaban J connectivity index is 1.98. The maximum Gasteiger partial charge on any atom is -0.0149 e. The van der Waals surface area contributed by atoms with Crippen molar-refractivity contribution in [2.24, 2.45) is 28.6 Å². The van der Waals surface area contributed by atoms with Gasteiger partial charge in [0.2, 0.25) is 0 Å². The van der Waals surface area contributed by atoms with Gasteiger partial charge in [-0.25, -0.2) is 0 Å². The molecule has 15 heavy (non-hydrogen) atoms. The van der Waals surface area contributed by atoms with E-state index in [0.29, 0.717) is 10.8 Å². The van der Waals surface area contributed by atoms with Gasteiger partial charge in [0.05, 0.1) is 0 Å². The molecule has 0 aliphatic heterocycles. The predicted octanol–water partition coefficient (Wildman–Crippen LogP) is 4.42. The molecule has 0 saturated heterocycles. The lowest BCUT2D eigenvalue weighted by Gasteiger charge is -2.56. The molecule has 0 spiro atoms. The number of rotatable bonds is 0. The van der Waals surface area contributed by atoms with Gasteiger partial charge in [-0.2, -0.15) is 0 Å². The number of hydrogen-bond donors (Lipinski definition) is 0. The molecular formula is C15H24. The van der Waals surface area contributed by atoms with Gasteiger partial charge in [0.25, 0.3) is 0 Å². The molecule has 0 aromatic rings. The normalized spacial score (nSPS) is 51.5. The summed E-state index contributed by atoms with van der Waals surface area (Å²) in [5.74, 6) is 2.84. The Morgan fingerprint density at radius 1 is 1.20 bits per heavy atom.